The molecule has 1 amide bonds. The zero-order valence-corrected chi connectivity index (χ0v) is 18.9. The minimum Gasteiger partial charge on any atom is -0.302 e. The Balaban J connectivity index is 1.41. The van der Waals surface area contributed by atoms with Crippen LogP contribution in [0.1, 0.15) is 29.5 Å². The van der Waals surface area contributed by atoms with Gasteiger partial charge in [-0.05, 0) is 62.9 Å². The van der Waals surface area contributed by atoms with E-state index in [1.807, 2.05) is 26.8 Å². The Morgan fingerprint density at radius 1 is 1.07 bits per heavy atom. The topological polar surface area (TPSA) is 79.4 Å². The zero-order chi connectivity index (χ0) is 21.5. The van der Waals surface area contributed by atoms with E-state index >= 15 is 0 Å². The van der Waals surface area contributed by atoms with Gasteiger partial charge in [0.25, 0.3) is 0 Å². The van der Waals surface area contributed by atoms with Crippen LogP contribution < -0.4 is 5.32 Å². The van der Waals surface area contributed by atoms with Gasteiger partial charge in [0, 0.05) is 19.0 Å². The molecular weight excluding hydrogens is 418 g/mol. The van der Waals surface area contributed by atoms with Crippen LogP contribution in [0.3, 0.4) is 0 Å². The van der Waals surface area contributed by atoms with Crippen LogP contribution >= 0.6 is 11.3 Å². The van der Waals surface area contributed by atoms with Gasteiger partial charge in [-0.1, -0.05) is 35.1 Å². The molecule has 2 aromatic carbocycles. The van der Waals surface area contributed by atoms with Gasteiger partial charge in [0.15, 0.2) is 5.13 Å². The maximum Gasteiger partial charge on any atom is 0.243 e. The summed E-state index contributed by atoms with van der Waals surface area (Å²) in [5.74, 6) is -0.305. The van der Waals surface area contributed by atoms with Gasteiger partial charge < -0.3 is 5.32 Å². The molecule has 0 atom stereocenters. The number of thiazole rings is 1. The molecule has 0 aliphatic carbocycles. The molecule has 1 aliphatic rings. The number of fused-ring (bicyclic) bond motifs is 1. The summed E-state index contributed by atoms with van der Waals surface area (Å²) in [4.78, 5) is 17.6. The first-order chi connectivity index (χ1) is 14.3. The van der Waals surface area contributed by atoms with E-state index in [-0.39, 0.29) is 11.8 Å². The van der Waals surface area contributed by atoms with E-state index in [0.717, 1.165) is 21.3 Å². The Morgan fingerprint density at radius 2 is 1.73 bits per heavy atom. The number of carbonyl (C=O) groups excluding carboxylic acids is 1. The average Bonchev–Trinajstić information content (AvgIpc) is 3.14. The number of benzene rings is 2. The van der Waals surface area contributed by atoms with Gasteiger partial charge >= 0.3 is 0 Å². The van der Waals surface area contributed by atoms with Crippen molar-refractivity contribution in [2.75, 3.05) is 18.4 Å². The van der Waals surface area contributed by atoms with Crippen LogP contribution in [0, 0.1) is 26.7 Å². The summed E-state index contributed by atoms with van der Waals surface area (Å²) >= 11 is 1.47. The molecule has 4 rings (SSSR count). The lowest BCUT2D eigenvalue weighted by molar-refractivity contribution is -0.120. The van der Waals surface area contributed by atoms with Gasteiger partial charge in [-0.25, -0.2) is 13.4 Å². The van der Waals surface area contributed by atoms with E-state index in [1.54, 1.807) is 24.3 Å². The number of nitrogens with zero attached hydrogens (tertiary/aromatic N) is 2. The molecule has 1 saturated heterocycles. The van der Waals surface area contributed by atoms with Crippen LogP contribution in [0.2, 0.25) is 0 Å². The number of anilines is 1. The highest BCUT2D eigenvalue weighted by atomic mass is 32.2. The fourth-order valence-electron chi connectivity index (χ4n) is 3.70. The molecule has 3 aromatic rings. The summed E-state index contributed by atoms with van der Waals surface area (Å²) in [5, 5.41) is 3.54. The standard InChI is InChI=1S/C22H25N3O3S2/c1-14-4-7-18(8-5-14)30(27,28)25-12-10-17(11-13-25)21(26)24-22-23-20-16(3)15(2)6-9-19(20)29-22/h4-9,17H,10-13H2,1-3H3,(H,23,24,26). The third-order valence-corrected chi connectivity index (χ3v) is 8.65. The summed E-state index contributed by atoms with van der Waals surface area (Å²) < 4.78 is 28.2. The van der Waals surface area contributed by atoms with Gasteiger partial charge in [0.2, 0.25) is 15.9 Å². The molecule has 0 radical (unpaired) electrons. The lowest BCUT2D eigenvalue weighted by atomic mass is 9.97. The average molecular weight is 444 g/mol. The van der Waals surface area contributed by atoms with Gasteiger partial charge in [-0.2, -0.15) is 4.31 Å². The number of amides is 1. The third kappa shape index (κ3) is 3.99. The highest BCUT2D eigenvalue weighted by molar-refractivity contribution is 7.89. The lowest BCUT2D eigenvalue weighted by Gasteiger charge is -2.30. The van der Waals surface area contributed by atoms with Crippen molar-refractivity contribution in [3.8, 4) is 0 Å². The molecule has 0 spiro atoms. The molecule has 30 heavy (non-hydrogen) atoms. The minimum absolute atomic E-state index is 0.0872. The quantitative estimate of drug-likeness (QED) is 0.653. The van der Waals surface area contributed by atoms with Crippen molar-refractivity contribution in [3.63, 3.8) is 0 Å². The number of piperidine rings is 1. The summed E-state index contributed by atoms with van der Waals surface area (Å²) in [6, 6.07) is 11.0. The van der Waals surface area contributed by atoms with E-state index in [9.17, 15) is 13.2 Å². The second-order valence-electron chi connectivity index (χ2n) is 7.85. The molecule has 1 aliphatic heterocycles. The molecule has 1 aromatic heterocycles. The molecule has 1 fully saturated rings. The van der Waals surface area contributed by atoms with Crippen molar-refractivity contribution >= 4 is 42.6 Å². The molecule has 6 nitrogen and oxygen atoms in total. The number of aryl methyl sites for hydroxylation is 3. The van der Waals surface area contributed by atoms with Crippen molar-refractivity contribution in [1.82, 2.24) is 9.29 Å². The Bertz CT molecular complexity index is 1190. The van der Waals surface area contributed by atoms with E-state index in [2.05, 4.69) is 16.4 Å². The fraction of sp³-hybridized carbons (Fsp3) is 0.364. The zero-order valence-electron chi connectivity index (χ0n) is 17.3. The molecular formula is C22H25N3O3S2. The number of aromatic nitrogens is 1. The third-order valence-electron chi connectivity index (χ3n) is 5.80. The molecule has 2 heterocycles. The second kappa shape index (κ2) is 8.09. The van der Waals surface area contributed by atoms with Gasteiger partial charge in [-0.3, -0.25) is 4.79 Å². The van der Waals surface area contributed by atoms with Crippen LogP contribution in [-0.2, 0) is 14.8 Å². The Morgan fingerprint density at radius 3 is 2.40 bits per heavy atom. The number of rotatable bonds is 4. The lowest BCUT2D eigenvalue weighted by Crippen LogP contribution is -2.41. The number of hydrogen-bond acceptors (Lipinski definition) is 5. The summed E-state index contributed by atoms with van der Waals surface area (Å²) in [6.07, 6.45) is 1.000. The highest BCUT2D eigenvalue weighted by Gasteiger charge is 2.32. The van der Waals surface area contributed by atoms with Crippen LogP contribution in [0.5, 0.6) is 0 Å². The highest BCUT2D eigenvalue weighted by Crippen LogP contribution is 2.31. The molecule has 0 unspecified atom stereocenters. The number of sulfonamides is 1. The summed E-state index contributed by atoms with van der Waals surface area (Å²) in [7, 11) is -3.52. The smallest absolute Gasteiger partial charge is 0.243 e. The van der Waals surface area contributed by atoms with Gasteiger partial charge in [0.05, 0.1) is 15.1 Å². The Labute approximate surface area is 181 Å². The van der Waals surface area contributed by atoms with E-state index in [0.29, 0.717) is 36.0 Å². The first-order valence-corrected chi connectivity index (χ1v) is 12.3. The van der Waals surface area contributed by atoms with Crippen molar-refractivity contribution in [1.29, 1.82) is 0 Å². The Kier molecular flexibility index (Phi) is 5.65. The number of carbonyl (C=O) groups is 1. The number of hydrogen-bond donors (Lipinski definition) is 1. The predicted molar refractivity (Wildman–Crippen MR) is 120 cm³/mol. The molecule has 158 valence electrons. The monoisotopic (exact) mass is 443 g/mol. The normalized spacial score (nSPS) is 16.1. The summed E-state index contributed by atoms with van der Waals surface area (Å²) in [6.45, 7) is 6.69. The van der Waals surface area contributed by atoms with Crippen LogP contribution in [0.4, 0.5) is 5.13 Å². The molecule has 0 saturated carbocycles. The minimum atomic E-state index is -3.52. The fourth-order valence-corrected chi connectivity index (χ4v) is 6.10. The first kappa shape index (κ1) is 21.0. The molecule has 1 N–H and O–H groups in total. The molecule has 0 bridgehead atoms. The predicted octanol–water partition coefficient (Wildman–Crippen LogP) is 4.26. The molecule has 8 heteroatoms. The van der Waals surface area contributed by atoms with Crippen molar-refractivity contribution < 1.29 is 13.2 Å². The van der Waals surface area contributed by atoms with Gasteiger partial charge in [0.1, 0.15) is 0 Å². The first-order valence-electron chi connectivity index (χ1n) is 10.00. The van der Waals surface area contributed by atoms with Gasteiger partial charge in [-0.15, -0.1) is 0 Å². The second-order valence-corrected chi connectivity index (χ2v) is 10.8. The maximum absolute atomic E-state index is 12.8. The van der Waals surface area contributed by atoms with E-state index in [1.165, 1.54) is 21.2 Å². The SMILES string of the molecule is Cc1ccc(S(=O)(=O)N2CCC(C(=O)Nc3nc4c(C)c(C)ccc4s3)CC2)cc1. The summed E-state index contributed by atoms with van der Waals surface area (Å²) in [5.41, 5.74) is 4.24. The van der Waals surface area contributed by atoms with E-state index < -0.39 is 10.0 Å². The van der Waals surface area contributed by atoms with Crippen molar-refractivity contribution in [3.05, 3.63) is 53.1 Å². The van der Waals surface area contributed by atoms with Crippen molar-refractivity contribution in [2.45, 2.75) is 38.5 Å². The maximum atomic E-state index is 12.8. The van der Waals surface area contributed by atoms with E-state index in [4.69, 9.17) is 0 Å². The largest absolute Gasteiger partial charge is 0.302 e. The Hall–Kier alpha value is -2.29. The number of nitrogens with one attached hydrogen (secondary N) is 1. The van der Waals surface area contributed by atoms with Crippen LogP contribution in [0.25, 0.3) is 10.2 Å². The van der Waals surface area contributed by atoms with Crippen LogP contribution in [-0.4, -0.2) is 36.7 Å². The van der Waals surface area contributed by atoms with Crippen molar-refractivity contribution in [2.24, 2.45) is 5.92 Å². The van der Waals surface area contributed by atoms with Crippen LogP contribution in [0.15, 0.2) is 41.3 Å².